The molecule has 2 amide bonds. The molecule has 1 aromatic heterocycles. The lowest BCUT2D eigenvalue weighted by atomic mass is 10.0. The number of anilines is 1. The lowest BCUT2D eigenvalue weighted by Gasteiger charge is -2.51. The van der Waals surface area contributed by atoms with Crippen LogP contribution in [0, 0.1) is 0 Å². The summed E-state index contributed by atoms with van der Waals surface area (Å²) in [6.45, 7) is 0.992. The number of nitrogens with zero attached hydrogens (tertiary/aromatic N) is 3. The third-order valence-electron chi connectivity index (χ3n) is 4.27. The summed E-state index contributed by atoms with van der Waals surface area (Å²) >= 11 is 2.45. The highest BCUT2D eigenvalue weighted by molar-refractivity contribution is 8.00. The molecule has 2 aliphatic rings. The summed E-state index contributed by atoms with van der Waals surface area (Å²) < 4.78 is 4.89. The molecule has 1 saturated heterocycles. The van der Waals surface area contributed by atoms with E-state index < -0.39 is 35.2 Å². The van der Waals surface area contributed by atoms with Crippen LogP contribution in [-0.4, -0.2) is 74.7 Å². The number of carbonyl (C=O) groups is 4. The molecule has 1 aromatic rings. The van der Waals surface area contributed by atoms with Crippen LogP contribution in [0.1, 0.15) is 12.6 Å². The number of β-lactam (4-membered cyclic amide) rings is 1. The number of hydrogen-bond donors (Lipinski definition) is 2. The first kappa shape index (κ1) is 21.1. The topological polar surface area (TPSA) is 152 Å². The Kier molecular flexibility index (Phi) is 6.10. The molecule has 0 spiro atoms. The summed E-state index contributed by atoms with van der Waals surface area (Å²) in [6, 6.07) is -0.974. The van der Waals surface area contributed by atoms with E-state index in [2.05, 4.69) is 4.98 Å². The molecular weight excluding hydrogens is 424 g/mol. The third kappa shape index (κ3) is 4.06. The average Bonchev–Trinajstić information content (AvgIpc) is 3.07. The van der Waals surface area contributed by atoms with Crippen molar-refractivity contribution in [1.29, 1.82) is 0 Å². The molecule has 2 atom stereocenters. The molecular formula is C16H18N4O7S2. The van der Waals surface area contributed by atoms with Gasteiger partial charge in [0.1, 0.15) is 17.7 Å². The molecule has 13 heteroatoms. The molecule has 11 nitrogen and oxygen atoms in total. The van der Waals surface area contributed by atoms with E-state index in [1.54, 1.807) is 5.38 Å². The van der Waals surface area contributed by atoms with Gasteiger partial charge in [0, 0.05) is 23.6 Å². The van der Waals surface area contributed by atoms with Gasteiger partial charge in [0.05, 0.1) is 19.2 Å². The van der Waals surface area contributed by atoms with Crippen LogP contribution in [0.15, 0.2) is 16.7 Å². The van der Waals surface area contributed by atoms with E-state index in [0.29, 0.717) is 16.4 Å². The minimum absolute atomic E-state index is 0.109. The predicted octanol–water partition coefficient (Wildman–Crippen LogP) is -0.157. The van der Waals surface area contributed by atoms with Gasteiger partial charge < -0.3 is 15.6 Å². The maximum absolute atomic E-state index is 12.8. The highest BCUT2D eigenvalue weighted by atomic mass is 32.2. The van der Waals surface area contributed by atoms with Crippen LogP contribution < -0.4 is 5.73 Å². The van der Waals surface area contributed by atoms with Crippen molar-refractivity contribution in [3.63, 3.8) is 0 Å². The molecule has 0 radical (unpaired) electrons. The van der Waals surface area contributed by atoms with Gasteiger partial charge in [-0.1, -0.05) is 0 Å². The Morgan fingerprint density at radius 3 is 2.72 bits per heavy atom. The molecule has 1 fully saturated rings. The van der Waals surface area contributed by atoms with Crippen molar-refractivity contribution in [2.24, 2.45) is 0 Å². The largest absolute Gasteiger partial charge is 0.477 e. The van der Waals surface area contributed by atoms with Gasteiger partial charge in [-0.25, -0.2) is 14.8 Å². The van der Waals surface area contributed by atoms with E-state index in [-0.39, 0.29) is 24.5 Å². The van der Waals surface area contributed by atoms with Gasteiger partial charge in [-0.2, -0.15) is 0 Å². The summed E-state index contributed by atoms with van der Waals surface area (Å²) in [5.74, 6) is -2.72. The summed E-state index contributed by atoms with van der Waals surface area (Å²) in [5.41, 5.74) is 6.10. The quantitative estimate of drug-likeness (QED) is 0.331. The van der Waals surface area contributed by atoms with Crippen molar-refractivity contribution in [2.45, 2.75) is 24.8 Å². The maximum Gasteiger partial charge on any atom is 0.352 e. The molecule has 0 saturated carbocycles. The Morgan fingerprint density at radius 1 is 1.45 bits per heavy atom. The Balaban J connectivity index is 1.78. The standard InChI is InChI=1S/C16H18N4O7S2/c1-7(21)27-4-8-5-28-14-12(13(23)19(14)11(8)15(24)25)20(26-2)10(22)3-9-6-29-16(17)18-9/h6,12,14H,3-5H2,1-2H3,(H2,17,18)(H,24,25)/t12?,14-/m1/s1. The predicted molar refractivity (Wildman–Crippen MR) is 102 cm³/mol. The number of amides is 2. The molecule has 3 heterocycles. The fraction of sp³-hybridized carbons (Fsp3) is 0.438. The van der Waals surface area contributed by atoms with E-state index in [9.17, 15) is 24.3 Å². The van der Waals surface area contributed by atoms with Crippen molar-refractivity contribution in [2.75, 3.05) is 25.2 Å². The van der Waals surface area contributed by atoms with Gasteiger partial charge in [-0.15, -0.1) is 23.1 Å². The van der Waals surface area contributed by atoms with Gasteiger partial charge >= 0.3 is 11.9 Å². The monoisotopic (exact) mass is 442 g/mol. The molecule has 156 valence electrons. The van der Waals surface area contributed by atoms with Gasteiger partial charge in [0.15, 0.2) is 11.2 Å². The van der Waals surface area contributed by atoms with Gasteiger partial charge in [0.2, 0.25) is 0 Å². The van der Waals surface area contributed by atoms with Crippen LogP contribution in [0.25, 0.3) is 0 Å². The zero-order valence-corrected chi connectivity index (χ0v) is 17.1. The number of fused-ring (bicyclic) bond motifs is 1. The number of thioether (sulfide) groups is 1. The molecule has 0 bridgehead atoms. The Morgan fingerprint density at radius 2 is 2.17 bits per heavy atom. The van der Waals surface area contributed by atoms with Gasteiger partial charge in [-0.05, 0) is 0 Å². The Hall–Kier alpha value is -2.64. The number of aliphatic carboxylic acids is 1. The molecule has 2 aliphatic heterocycles. The zero-order chi connectivity index (χ0) is 21.3. The number of rotatable bonds is 7. The van der Waals surface area contributed by atoms with Crippen LogP contribution in [0.5, 0.6) is 0 Å². The lowest BCUT2D eigenvalue weighted by Crippen LogP contribution is -2.71. The van der Waals surface area contributed by atoms with Crippen molar-refractivity contribution in [3.8, 4) is 0 Å². The second-order valence-electron chi connectivity index (χ2n) is 6.15. The van der Waals surface area contributed by atoms with Crippen molar-refractivity contribution < 1.29 is 33.9 Å². The van der Waals surface area contributed by atoms with Crippen LogP contribution in [0.2, 0.25) is 0 Å². The summed E-state index contributed by atoms with van der Waals surface area (Å²) in [5, 5.41) is 11.8. The molecule has 0 aliphatic carbocycles. The molecule has 1 unspecified atom stereocenters. The second kappa shape index (κ2) is 8.39. The number of hydrogen-bond acceptors (Lipinski definition) is 10. The minimum atomic E-state index is -1.31. The molecule has 3 N–H and O–H groups in total. The number of nitrogen functional groups attached to an aromatic ring is 1. The van der Waals surface area contributed by atoms with E-state index in [1.165, 1.54) is 37.1 Å². The minimum Gasteiger partial charge on any atom is -0.477 e. The van der Waals surface area contributed by atoms with Gasteiger partial charge in [-0.3, -0.25) is 24.1 Å². The van der Waals surface area contributed by atoms with Crippen LogP contribution in [0.3, 0.4) is 0 Å². The highest BCUT2D eigenvalue weighted by Gasteiger charge is 2.57. The third-order valence-corrected chi connectivity index (χ3v) is 6.32. The molecule has 29 heavy (non-hydrogen) atoms. The summed E-state index contributed by atoms with van der Waals surface area (Å²) in [6.07, 6.45) is -0.109. The van der Waals surface area contributed by atoms with Crippen molar-refractivity contribution >= 4 is 52.0 Å². The number of esters is 1. The maximum atomic E-state index is 12.8. The van der Waals surface area contributed by atoms with Crippen LogP contribution in [0.4, 0.5) is 5.13 Å². The first-order valence-electron chi connectivity index (χ1n) is 8.34. The first-order valence-corrected chi connectivity index (χ1v) is 10.3. The van der Waals surface area contributed by atoms with E-state index in [0.717, 1.165) is 9.96 Å². The van der Waals surface area contributed by atoms with Gasteiger partial charge in [0.25, 0.3) is 11.8 Å². The fourth-order valence-electron chi connectivity index (χ4n) is 3.05. The smallest absolute Gasteiger partial charge is 0.352 e. The summed E-state index contributed by atoms with van der Waals surface area (Å²) in [4.78, 5) is 58.4. The van der Waals surface area contributed by atoms with E-state index in [4.69, 9.17) is 15.3 Å². The van der Waals surface area contributed by atoms with Crippen LogP contribution in [-0.2, 0) is 35.2 Å². The molecule has 3 rings (SSSR count). The zero-order valence-electron chi connectivity index (χ0n) is 15.5. The number of carbonyl (C=O) groups excluding carboxylic acids is 3. The van der Waals surface area contributed by atoms with E-state index >= 15 is 0 Å². The number of carboxylic acid groups (broad SMARTS) is 1. The lowest BCUT2D eigenvalue weighted by molar-refractivity contribution is -0.208. The first-order chi connectivity index (χ1) is 13.7. The number of hydroxylamine groups is 2. The Bertz CT molecular complexity index is 900. The number of carboxylic acids is 1. The number of thiazole rings is 1. The van der Waals surface area contributed by atoms with E-state index in [1.807, 2.05) is 0 Å². The highest BCUT2D eigenvalue weighted by Crippen LogP contribution is 2.42. The number of nitrogens with two attached hydrogens (primary N) is 1. The fourth-order valence-corrected chi connectivity index (χ4v) is 4.98. The Labute approximate surface area is 173 Å². The van der Waals surface area contributed by atoms with Crippen molar-refractivity contribution in [1.82, 2.24) is 14.9 Å². The average molecular weight is 442 g/mol. The SMILES string of the molecule is CON(C(=O)Cc1csc(N)n1)C1C(=O)N2C(C(=O)O)=C(COC(C)=O)CS[C@H]12. The normalized spacial score (nSPS) is 20.8. The second-order valence-corrected chi connectivity index (χ2v) is 8.14. The van der Waals surface area contributed by atoms with Crippen molar-refractivity contribution in [3.05, 3.63) is 22.3 Å². The molecule has 0 aromatic carbocycles. The summed E-state index contributed by atoms with van der Waals surface area (Å²) in [7, 11) is 1.26. The number of aromatic nitrogens is 1. The van der Waals surface area contributed by atoms with Crippen LogP contribution >= 0.6 is 23.1 Å². The number of ether oxygens (including phenoxy) is 1.